The Hall–Kier alpha value is 0.300. The molecule has 72 valence electrons. The van der Waals surface area contributed by atoms with E-state index in [9.17, 15) is 4.79 Å². The van der Waals surface area contributed by atoms with Crippen LogP contribution in [0.25, 0.3) is 0 Å². The summed E-state index contributed by atoms with van der Waals surface area (Å²) in [5.41, 5.74) is 0.331. The van der Waals surface area contributed by atoms with Gasteiger partial charge in [-0.3, -0.25) is 0 Å². The maximum Gasteiger partial charge on any atom is 3.00 e. The molecule has 0 unspecified atom stereocenters. The van der Waals surface area contributed by atoms with Crippen LogP contribution in [0.15, 0.2) is 30.3 Å². The first-order valence-electron chi connectivity index (χ1n) is 2.59. The first-order valence-corrected chi connectivity index (χ1v) is 2.59. The predicted octanol–water partition coefficient (Wildman–Crippen LogP) is -7.61. The van der Waals surface area contributed by atoms with Gasteiger partial charge in [0.15, 0.2) is 0 Å². The molecule has 1 aromatic carbocycles. The zero-order valence-electron chi connectivity index (χ0n) is 6.32. The molecule has 0 radical (unpaired) electrons. The van der Waals surface area contributed by atoms with Gasteiger partial charge in [0.25, 0.3) is 0 Å². The van der Waals surface area contributed by atoms with Crippen molar-refractivity contribution in [2.24, 2.45) is 0 Å². The van der Waals surface area contributed by atoms with Crippen LogP contribution in [0, 0.1) is 0 Å². The third-order valence-corrected chi connectivity index (χ3v) is 1.02. The monoisotopic (exact) mass is 320 g/mol. The molecule has 0 saturated carbocycles. The molecule has 13 heavy (non-hydrogen) atoms. The summed E-state index contributed by atoms with van der Waals surface area (Å²) in [7, 11) is 0. The Morgan fingerprint density at radius 2 is 1.38 bits per heavy atom. The quantitative estimate of drug-likeness (QED) is 0.522. The van der Waals surface area contributed by atoms with E-state index in [1.165, 1.54) is 0 Å². The molecule has 0 aromatic heterocycles. The summed E-state index contributed by atoms with van der Waals surface area (Å²) in [6.07, 6.45) is 0. The number of benzene rings is 1. The molecule has 0 heterocycles. The second kappa shape index (κ2) is 12.3. The number of hydrogen-bond donors (Lipinski definition) is 1. The molecule has 1 rings (SSSR count). The number of halogens is 3. The van der Waals surface area contributed by atoms with Crippen LogP contribution < -0.4 is 37.2 Å². The van der Waals surface area contributed by atoms with E-state index in [1.54, 1.807) is 30.3 Å². The SMILES string of the molecule is O=C(O)c1ccccc1.[Cl-].[Cl-].[Cl-].[Nb+3]. The van der Waals surface area contributed by atoms with E-state index < -0.39 is 5.97 Å². The van der Waals surface area contributed by atoms with Gasteiger partial charge in [0.2, 0.25) is 0 Å². The zero-order chi connectivity index (χ0) is 6.69. The Morgan fingerprint density at radius 3 is 1.62 bits per heavy atom. The van der Waals surface area contributed by atoms with Crippen molar-refractivity contribution in [2.45, 2.75) is 0 Å². The minimum atomic E-state index is -0.879. The number of carboxylic acids is 1. The molecule has 0 aliphatic heterocycles. The molecule has 0 fully saturated rings. The van der Waals surface area contributed by atoms with E-state index in [2.05, 4.69) is 0 Å². The molecule has 0 aliphatic carbocycles. The number of hydrogen-bond acceptors (Lipinski definition) is 1. The predicted molar refractivity (Wildman–Crippen MR) is 33.4 cm³/mol. The molecular weight excluding hydrogens is 315 g/mol. The summed E-state index contributed by atoms with van der Waals surface area (Å²) >= 11 is 0. The molecule has 1 aromatic rings. The Morgan fingerprint density at radius 1 is 1.00 bits per heavy atom. The maximum absolute atomic E-state index is 10.2. The van der Waals surface area contributed by atoms with Crippen molar-refractivity contribution in [3.8, 4) is 0 Å². The third kappa shape index (κ3) is 8.63. The van der Waals surface area contributed by atoms with Gasteiger partial charge in [-0.1, -0.05) is 18.2 Å². The number of carbonyl (C=O) groups is 1. The van der Waals surface area contributed by atoms with E-state index in [0.717, 1.165) is 0 Å². The standard InChI is InChI=1S/C7H6O2.3ClH.Nb/c8-7(9)6-4-2-1-3-5-6;;;;/h1-5H,(H,8,9);3*1H;/q;;;;+3/p-3. The summed E-state index contributed by atoms with van der Waals surface area (Å²) in [5, 5.41) is 8.38. The molecule has 0 aliphatic rings. The second-order valence-corrected chi connectivity index (χ2v) is 1.67. The van der Waals surface area contributed by atoms with E-state index >= 15 is 0 Å². The molecule has 2 nitrogen and oxygen atoms in total. The van der Waals surface area contributed by atoms with Crippen LogP contribution in [-0.2, 0) is 22.4 Å². The summed E-state index contributed by atoms with van der Waals surface area (Å²) in [6.45, 7) is 0. The molecule has 0 bridgehead atoms. The van der Waals surface area contributed by atoms with Gasteiger partial charge in [-0.15, -0.1) is 0 Å². The number of carboxylic acid groups (broad SMARTS) is 1. The van der Waals surface area contributed by atoms with Gasteiger partial charge in [0.05, 0.1) is 5.56 Å². The molecular formula is C7H6Cl3NbO2. The summed E-state index contributed by atoms with van der Waals surface area (Å²) in [5.74, 6) is -0.879. The van der Waals surface area contributed by atoms with Crippen LogP contribution in [0.3, 0.4) is 0 Å². The van der Waals surface area contributed by atoms with E-state index in [1.807, 2.05) is 0 Å². The normalized spacial score (nSPS) is 6.15. The largest absolute Gasteiger partial charge is 3.00 e. The molecule has 0 amide bonds. The number of rotatable bonds is 1. The van der Waals surface area contributed by atoms with Gasteiger partial charge in [0, 0.05) is 0 Å². The Bertz CT molecular complexity index is 218. The average molecular weight is 321 g/mol. The van der Waals surface area contributed by atoms with Crippen molar-refractivity contribution < 1.29 is 69.5 Å². The van der Waals surface area contributed by atoms with Gasteiger partial charge in [-0.2, -0.15) is 0 Å². The van der Waals surface area contributed by atoms with Crippen molar-refractivity contribution in [3.63, 3.8) is 0 Å². The Kier molecular flexibility index (Phi) is 22.0. The maximum atomic E-state index is 10.2. The summed E-state index contributed by atoms with van der Waals surface area (Å²) in [4.78, 5) is 10.2. The Balaban J connectivity index is -0.000000101. The van der Waals surface area contributed by atoms with Gasteiger partial charge in [-0.25, -0.2) is 4.79 Å². The fraction of sp³-hybridized carbons (Fsp3) is 0. The van der Waals surface area contributed by atoms with Crippen molar-refractivity contribution >= 4 is 5.97 Å². The van der Waals surface area contributed by atoms with Crippen LogP contribution in [0.5, 0.6) is 0 Å². The minimum absolute atomic E-state index is 0. The Labute approximate surface area is 111 Å². The first-order chi connectivity index (χ1) is 4.30. The molecule has 0 spiro atoms. The minimum Gasteiger partial charge on any atom is -1.00 e. The van der Waals surface area contributed by atoms with E-state index in [0.29, 0.717) is 5.56 Å². The summed E-state index contributed by atoms with van der Waals surface area (Å²) < 4.78 is 0. The second-order valence-electron chi connectivity index (χ2n) is 1.67. The fourth-order valence-corrected chi connectivity index (χ4v) is 0.581. The van der Waals surface area contributed by atoms with Crippen LogP contribution in [0.4, 0.5) is 0 Å². The third-order valence-electron chi connectivity index (χ3n) is 1.02. The smallest absolute Gasteiger partial charge is 1.00 e. The fourth-order valence-electron chi connectivity index (χ4n) is 0.581. The average Bonchev–Trinajstić information content (AvgIpc) is 1.90. The molecule has 0 atom stereocenters. The van der Waals surface area contributed by atoms with E-state index in [-0.39, 0.29) is 59.6 Å². The van der Waals surface area contributed by atoms with Crippen molar-refractivity contribution in [2.75, 3.05) is 0 Å². The van der Waals surface area contributed by atoms with Crippen molar-refractivity contribution in [3.05, 3.63) is 35.9 Å². The molecule has 0 saturated heterocycles. The van der Waals surface area contributed by atoms with Crippen LogP contribution in [0.1, 0.15) is 10.4 Å². The van der Waals surface area contributed by atoms with Crippen molar-refractivity contribution in [1.29, 1.82) is 0 Å². The topological polar surface area (TPSA) is 37.3 Å². The van der Waals surface area contributed by atoms with E-state index in [4.69, 9.17) is 5.11 Å². The van der Waals surface area contributed by atoms with Gasteiger partial charge < -0.3 is 42.3 Å². The van der Waals surface area contributed by atoms with Crippen molar-refractivity contribution in [1.82, 2.24) is 0 Å². The molecule has 6 heteroatoms. The summed E-state index contributed by atoms with van der Waals surface area (Å²) in [6, 6.07) is 8.30. The van der Waals surface area contributed by atoms with Crippen LogP contribution >= 0.6 is 0 Å². The van der Waals surface area contributed by atoms with Crippen LogP contribution in [-0.4, -0.2) is 11.1 Å². The number of aromatic carboxylic acids is 1. The van der Waals surface area contributed by atoms with Gasteiger partial charge in [-0.05, 0) is 12.1 Å². The van der Waals surface area contributed by atoms with Gasteiger partial charge >= 0.3 is 28.3 Å². The zero-order valence-corrected chi connectivity index (χ0v) is 10.8. The van der Waals surface area contributed by atoms with Gasteiger partial charge in [0.1, 0.15) is 0 Å². The van der Waals surface area contributed by atoms with Crippen LogP contribution in [0.2, 0.25) is 0 Å². The molecule has 1 N–H and O–H groups in total. The first kappa shape index (κ1) is 23.3.